The normalized spacial score (nSPS) is 19.4. The Hall–Kier alpha value is -3.46. The predicted molar refractivity (Wildman–Crippen MR) is 120 cm³/mol. The van der Waals surface area contributed by atoms with E-state index in [1.807, 2.05) is 29.9 Å². The summed E-state index contributed by atoms with van der Waals surface area (Å²) in [5, 5.41) is 18.0. The largest absolute Gasteiger partial charge is 0.422 e. The molecular weight excluding hydrogens is 463 g/mol. The molecule has 1 aliphatic carbocycles. The number of nitrogens with one attached hydrogen (secondary N) is 2. The summed E-state index contributed by atoms with van der Waals surface area (Å²) in [6.45, 7) is 6.17. The molecule has 1 atom stereocenters. The van der Waals surface area contributed by atoms with Crippen LogP contribution in [0.15, 0.2) is 23.1 Å². The molecule has 1 saturated heterocycles. The fraction of sp³-hybridized carbons (Fsp3) is 0.522. The van der Waals surface area contributed by atoms with Crippen LogP contribution in [0.3, 0.4) is 0 Å². The zero-order valence-electron chi connectivity index (χ0n) is 19.4. The van der Waals surface area contributed by atoms with Crippen LogP contribution in [0, 0.1) is 16.7 Å². The number of nitriles is 1. The highest BCUT2D eigenvalue weighted by Gasteiger charge is 2.47. The Kier molecular flexibility index (Phi) is 6.55. The zero-order chi connectivity index (χ0) is 25.4. The molecule has 12 heteroatoms. The fourth-order valence-electron chi connectivity index (χ4n) is 4.82. The van der Waals surface area contributed by atoms with Gasteiger partial charge in [0.05, 0.1) is 17.3 Å². The molecule has 4 rings (SSSR count). The van der Waals surface area contributed by atoms with Gasteiger partial charge in [-0.2, -0.15) is 23.5 Å². The number of aromatic amines is 1. The monoisotopic (exact) mass is 489 g/mol. The van der Waals surface area contributed by atoms with Gasteiger partial charge in [-0.25, -0.2) is 10.1 Å². The summed E-state index contributed by atoms with van der Waals surface area (Å²) in [5.41, 5.74) is -2.46. The minimum atomic E-state index is -4.77. The number of nitrogens with zero attached hydrogens (tertiary/aromatic N) is 5. The third kappa shape index (κ3) is 5.00. The number of anilines is 1. The number of alkyl halides is 3. The standard InChI is InChI=1S/C23H26F3N7O2/c1-22(2)11-15-18(23(24,25)26)21(35)31-30-19(15)20(22)28-6-5-17(34)33-9-7-32(8-10-33)16-4-3-14(12-27)13-29-16/h3-4,13,20,28H,5-11H2,1-2H3,(H,31,35)/t20-/m0/s1. The van der Waals surface area contributed by atoms with Crippen molar-refractivity contribution >= 4 is 11.7 Å². The number of fused-ring (bicyclic) bond motifs is 1. The molecule has 35 heavy (non-hydrogen) atoms. The first-order valence-electron chi connectivity index (χ1n) is 11.3. The Bertz CT molecular complexity index is 1190. The summed E-state index contributed by atoms with van der Waals surface area (Å²) in [6, 6.07) is 5.00. The molecule has 1 amide bonds. The Morgan fingerprint density at radius 1 is 1.29 bits per heavy atom. The van der Waals surface area contributed by atoms with Gasteiger partial charge in [-0.05, 0) is 29.5 Å². The molecule has 1 fully saturated rings. The summed E-state index contributed by atoms with van der Waals surface area (Å²) in [7, 11) is 0. The number of H-pyrrole nitrogens is 1. The van der Waals surface area contributed by atoms with Crippen molar-refractivity contribution < 1.29 is 18.0 Å². The van der Waals surface area contributed by atoms with Crippen molar-refractivity contribution in [2.75, 3.05) is 37.6 Å². The van der Waals surface area contributed by atoms with E-state index in [1.165, 1.54) is 6.20 Å². The van der Waals surface area contributed by atoms with Crippen LogP contribution in [0.2, 0.25) is 0 Å². The molecular formula is C23H26F3N7O2. The summed E-state index contributed by atoms with van der Waals surface area (Å²) in [4.78, 5) is 32.7. The first kappa shape index (κ1) is 24.7. The molecule has 9 nitrogen and oxygen atoms in total. The van der Waals surface area contributed by atoms with Crippen molar-refractivity contribution in [3.05, 3.63) is 51.1 Å². The Morgan fingerprint density at radius 3 is 2.60 bits per heavy atom. The number of rotatable bonds is 5. The number of carbonyl (C=O) groups is 1. The highest BCUT2D eigenvalue weighted by molar-refractivity contribution is 5.76. The van der Waals surface area contributed by atoms with Gasteiger partial charge in [0.1, 0.15) is 17.5 Å². The number of pyridine rings is 1. The molecule has 0 aromatic carbocycles. The van der Waals surface area contributed by atoms with Crippen molar-refractivity contribution in [2.45, 2.75) is 38.9 Å². The number of carbonyl (C=O) groups excluding carboxylic acids is 1. The van der Waals surface area contributed by atoms with Crippen LogP contribution < -0.4 is 15.8 Å². The number of amides is 1. The molecule has 2 aromatic rings. The molecule has 3 heterocycles. The van der Waals surface area contributed by atoms with Crippen molar-refractivity contribution in [1.82, 2.24) is 25.4 Å². The predicted octanol–water partition coefficient (Wildman–Crippen LogP) is 2.01. The van der Waals surface area contributed by atoms with Gasteiger partial charge in [0.15, 0.2) is 0 Å². The van der Waals surface area contributed by atoms with E-state index < -0.39 is 28.8 Å². The highest BCUT2D eigenvalue weighted by Crippen LogP contribution is 2.46. The molecule has 0 radical (unpaired) electrons. The Labute approximate surface area is 199 Å². The van der Waals surface area contributed by atoms with Crippen molar-refractivity contribution in [2.24, 2.45) is 5.41 Å². The molecule has 2 N–H and O–H groups in total. The van der Waals surface area contributed by atoms with Crippen LogP contribution in [0.1, 0.15) is 48.7 Å². The van der Waals surface area contributed by atoms with Crippen LogP contribution >= 0.6 is 0 Å². The summed E-state index contributed by atoms with van der Waals surface area (Å²) in [5.74, 6) is 0.704. The number of hydrogen-bond donors (Lipinski definition) is 2. The van der Waals surface area contributed by atoms with Gasteiger partial charge < -0.3 is 15.1 Å². The minimum absolute atomic E-state index is 0.0497. The molecule has 1 aliphatic heterocycles. The average molecular weight is 490 g/mol. The SMILES string of the molecule is CC1(C)Cc2c(n[nH]c(=O)c2C(F)(F)F)[C@@H]1NCCC(=O)N1CCN(c2ccc(C#N)cn2)CC1. The maximum Gasteiger partial charge on any atom is 0.422 e. The van der Waals surface area contributed by atoms with E-state index in [0.29, 0.717) is 31.7 Å². The molecule has 0 bridgehead atoms. The first-order chi connectivity index (χ1) is 16.5. The quantitative estimate of drug-likeness (QED) is 0.660. The van der Waals surface area contributed by atoms with Crippen LogP contribution in [0.5, 0.6) is 0 Å². The summed E-state index contributed by atoms with van der Waals surface area (Å²) >= 11 is 0. The number of hydrogen-bond acceptors (Lipinski definition) is 7. The topological polar surface area (TPSA) is 118 Å². The second kappa shape index (κ2) is 9.30. The summed E-state index contributed by atoms with van der Waals surface area (Å²) in [6.07, 6.45) is -3.00. The van der Waals surface area contributed by atoms with Crippen LogP contribution in [0.4, 0.5) is 19.0 Å². The average Bonchev–Trinajstić information content (AvgIpc) is 3.07. The molecule has 0 spiro atoms. The molecule has 2 aromatic heterocycles. The highest BCUT2D eigenvalue weighted by atomic mass is 19.4. The van der Waals surface area contributed by atoms with Crippen molar-refractivity contribution in [3.63, 3.8) is 0 Å². The minimum Gasteiger partial charge on any atom is -0.353 e. The van der Waals surface area contributed by atoms with Crippen molar-refractivity contribution in [3.8, 4) is 6.07 Å². The number of halogens is 3. The lowest BCUT2D eigenvalue weighted by Crippen LogP contribution is -2.49. The number of aromatic nitrogens is 3. The first-order valence-corrected chi connectivity index (χ1v) is 11.3. The smallest absolute Gasteiger partial charge is 0.353 e. The van der Waals surface area contributed by atoms with Crippen molar-refractivity contribution in [1.29, 1.82) is 5.26 Å². The van der Waals surface area contributed by atoms with Gasteiger partial charge in [0.2, 0.25) is 5.91 Å². The summed E-state index contributed by atoms with van der Waals surface area (Å²) < 4.78 is 40.4. The van der Waals surface area contributed by atoms with Crippen LogP contribution in [-0.2, 0) is 17.4 Å². The van der Waals surface area contributed by atoms with E-state index in [1.54, 1.807) is 17.0 Å². The van der Waals surface area contributed by atoms with E-state index in [0.717, 1.165) is 5.82 Å². The Morgan fingerprint density at radius 2 is 2.00 bits per heavy atom. The van der Waals surface area contributed by atoms with Crippen LogP contribution in [-0.4, -0.2) is 58.7 Å². The third-order valence-corrected chi connectivity index (χ3v) is 6.61. The lowest BCUT2D eigenvalue weighted by atomic mass is 9.85. The van der Waals surface area contributed by atoms with Gasteiger partial charge in [-0.15, -0.1) is 0 Å². The molecule has 0 saturated carbocycles. The lowest BCUT2D eigenvalue weighted by Gasteiger charge is -2.35. The van der Waals surface area contributed by atoms with Gasteiger partial charge in [-0.3, -0.25) is 9.59 Å². The zero-order valence-corrected chi connectivity index (χ0v) is 19.4. The lowest BCUT2D eigenvalue weighted by molar-refractivity contribution is -0.139. The third-order valence-electron chi connectivity index (χ3n) is 6.61. The maximum atomic E-state index is 13.5. The second-order valence-corrected chi connectivity index (χ2v) is 9.48. The second-order valence-electron chi connectivity index (χ2n) is 9.48. The van der Waals surface area contributed by atoms with Gasteiger partial charge >= 0.3 is 6.18 Å². The van der Waals surface area contributed by atoms with E-state index in [-0.39, 0.29) is 36.6 Å². The molecule has 0 unspecified atom stereocenters. The van der Waals surface area contributed by atoms with E-state index >= 15 is 0 Å². The van der Waals surface area contributed by atoms with Gasteiger partial charge in [0.25, 0.3) is 5.56 Å². The Balaban J connectivity index is 1.34. The van der Waals surface area contributed by atoms with E-state index in [2.05, 4.69) is 15.4 Å². The van der Waals surface area contributed by atoms with Gasteiger partial charge in [-0.1, -0.05) is 13.8 Å². The van der Waals surface area contributed by atoms with Crippen LogP contribution in [0.25, 0.3) is 0 Å². The fourth-order valence-corrected chi connectivity index (χ4v) is 4.82. The van der Waals surface area contributed by atoms with E-state index in [4.69, 9.17) is 5.26 Å². The van der Waals surface area contributed by atoms with Gasteiger partial charge in [0, 0.05) is 45.3 Å². The maximum absolute atomic E-state index is 13.5. The van der Waals surface area contributed by atoms with E-state index in [9.17, 15) is 22.8 Å². The molecule has 2 aliphatic rings. The molecule has 186 valence electrons. The number of piperazine rings is 1.